The number of nitrogens with zero attached hydrogens (tertiary/aromatic N) is 2. The minimum Gasteiger partial charge on any atom is -0.339 e. The Labute approximate surface area is 165 Å². The van der Waals surface area contributed by atoms with Crippen molar-refractivity contribution in [2.45, 2.75) is 32.1 Å². The molecule has 1 aromatic rings. The SMILES string of the molecule is O=C1CCN(c2ccccc2C(=O)N2CCC(C3CCNCC3)CC2)C(=O)N1. The van der Waals surface area contributed by atoms with Crippen LogP contribution in [0, 0.1) is 11.8 Å². The lowest BCUT2D eigenvalue weighted by Gasteiger charge is -2.38. The fourth-order valence-corrected chi connectivity index (χ4v) is 4.74. The first-order valence-corrected chi connectivity index (χ1v) is 10.3. The maximum absolute atomic E-state index is 13.2. The molecule has 0 bridgehead atoms. The molecular weight excluding hydrogens is 356 g/mol. The van der Waals surface area contributed by atoms with Crippen molar-refractivity contribution >= 4 is 23.5 Å². The number of urea groups is 1. The molecule has 4 amide bonds. The Bertz CT molecular complexity index is 752. The number of amides is 4. The van der Waals surface area contributed by atoms with Gasteiger partial charge in [0.2, 0.25) is 5.91 Å². The molecule has 0 spiro atoms. The van der Waals surface area contributed by atoms with Gasteiger partial charge in [0, 0.05) is 26.1 Å². The first kappa shape index (κ1) is 18.9. The van der Waals surface area contributed by atoms with Crippen molar-refractivity contribution < 1.29 is 14.4 Å². The maximum atomic E-state index is 13.2. The Kier molecular flexibility index (Phi) is 5.62. The molecule has 150 valence electrons. The average Bonchev–Trinajstić information content (AvgIpc) is 2.74. The van der Waals surface area contributed by atoms with Crippen molar-refractivity contribution in [1.29, 1.82) is 0 Å². The van der Waals surface area contributed by atoms with E-state index in [0.717, 1.165) is 44.9 Å². The van der Waals surface area contributed by atoms with Gasteiger partial charge in [0.1, 0.15) is 0 Å². The monoisotopic (exact) mass is 384 g/mol. The van der Waals surface area contributed by atoms with Crippen LogP contribution in [0.5, 0.6) is 0 Å². The van der Waals surface area contributed by atoms with Crippen LogP contribution in [0.4, 0.5) is 10.5 Å². The molecule has 0 radical (unpaired) electrons. The molecule has 0 unspecified atom stereocenters. The molecule has 4 rings (SSSR count). The lowest BCUT2D eigenvalue weighted by Crippen LogP contribution is -2.50. The number of hydrogen-bond donors (Lipinski definition) is 2. The normalized spacial score (nSPS) is 22.3. The summed E-state index contributed by atoms with van der Waals surface area (Å²) in [6.07, 6.45) is 4.83. The summed E-state index contributed by atoms with van der Waals surface area (Å²) >= 11 is 0. The highest BCUT2D eigenvalue weighted by Gasteiger charge is 2.32. The highest BCUT2D eigenvalue weighted by molar-refractivity contribution is 6.09. The number of likely N-dealkylation sites (tertiary alicyclic amines) is 1. The van der Waals surface area contributed by atoms with Crippen molar-refractivity contribution in [1.82, 2.24) is 15.5 Å². The molecule has 0 saturated carbocycles. The zero-order valence-electron chi connectivity index (χ0n) is 16.2. The molecular formula is C21H28N4O3. The van der Waals surface area contributed by atoms with E-state index in [2.05, 4.69) is 10.6 Å². The number of benzene rings is 1. The standard InChI is InChI=1S/C21H28N4O3/c26-19-9-14-25(21(28)23-19)18-4-2-1-3-17(18)20(27)24-12-7-16(8-13-24)15-5-10-22-11-6-15/h1-4,15-16,22H,5-14H2,(H,23,26,28). The fourth-order valence-electron chi connectivity index (χ4n) is 4.74. The van der Waals surface area contributed by atoms with Gasteiger partial charge in [0.25, 0.3) is 5.91 Å². The number of piperidine rings is 2. The van der Waals surface area contributed by atoms with Gasteiger partial charge in [0.05, 0.1) is 11.3 Å². The second-order valence-electron chi connectivity index (χ2n) is 7.99. The first-order chi connectivity index (χ1) is 13.6. The van der Waals surface area contributed by atoms with Gasteiger partial charge in [-0.1, -0.05) is 12.1 Å². The number of anilines is 1. The third-order valence-corrected chi connectivity index (χ3v) is 6.36. The number of carbonyl (C=O) groups is 3. The summed E-state index contributed by atoms with van der Waals surface area (Å²) in [5.41, 5.74) is 1.12. The Morgan fingerprint density at radius 2 is 1.61 bits per heavy atom. The highest BCUT2D eigenvalue weighted by Crippen LogP contribution is 2.32. The summed E-state index contributed by atoms with van der Waals surface area (Å²) in [5, 5.41) is 5.76. The molecule has 3 saturated heterocycles. The van der Waals surface area contributed by atoms with Gasteiger partial charge in [-0.05, 0) is 62.7 Å². The van der Waals surface area contributed by atoms with E-state index in [1.54, 1.807) is 12.1 Å². The van der Waals surface area contributed by atoms with E-state index in [0.29, 0.717) is 23.7 Å². The van der Waals surface area contributed by atoms with Gasteiger partial charge in [-0.3, -0.25) is 19.8 Å². The molecule has 3 heterocycles. The van der Waals surface area contributed by atoms with Gasteiger partial charge in [-0.2, -0.15) is 0 Å². The van der Waals surface area contributed by atoms with Gasteiger partial charge in [-0.25, -0.2) is 4.79 Å². The van der Waals surface area contributed by atoms with E-state index >= 15 is 0 Å². The molecule has 0 aromatic heterocycles. The lowest BCUT2D eigenvalue weighted by atomic mass is 9.79. The number of imide groups is 1. The first-order valence-electron chi connectivity index (χ1n) is 10.3. The Hall–Kier alpha value is -2.41. The van der Waals surface area contributed by atoms with Crippen LogP contribution in [-0.4, -0.2) is 55.5 Å². The molecule has 0 atom stereocenters. The van der Waals surface area contributed by atoms with E-state index in [1.807, 2.05) is 17.0 Å². The van der Waals surface area contributed by atoms with Crippen molar-refractivity contribution in [2.24, 2.45) is 11.8 Å². The second-order valence-corrected chi connectivity index (χ2v) is 7.99. The van der Waals surface area contributed by atoms with Crippen LogP contribution in [0.15, 0.2) is 24.3 Å². The van der Waals surface area contributed by atoms with E-state index in [-0.39, 0.29) is 18.2 Å². The van der Waals surface area contributed by atoms with Crippen LogP contribution in [-0.2, 0) is 4.79 Å². The zero-order valence-corrected chi connectivity index (χ0v) is 16.2. The van der Waals surface area contributed by atoms with Gasteiger partial charge in [0.15, 0.2) is 0 Å². The molecule has 3 aliphatic rings. The second kappa shape index (κ2) is 8.31. The van der Waals surface area contributed by atoms with Crippen LogP contribution in [0.2, 0.25) is 0 Å². The Morgan fingerprint density at radius 1 is 0.929 bits per heavy atom. The number of carbonyl (C=O) groups excluding carboxylic acids is 3. The molecule has 7 nitrogen and oxygen atoms in total. The Balaban J connectivity index is 1.44. The Morgan fingerprint density at radius 3 is 2.32 bits per heavy atom. The summed E-state index contributed by atoms with van der Waals surface area (Å²) in [6, 6.07) is 6.75. The lowest BCUT2D eigenvalue weighted by molar-refractivity contribution is -0.120. The third-order valence-electron chi connectivity index (χ3n) is 6.36. The van der Waals surface area contributed by atoms with Crippen molar-refractivity contribution in [3.63, 3.8) is 0 Å². The van der Waals surface area contributed by atoms with E-state index in [9.17, 15) is 14.4 Å². The molecule has 28 heavy (non-hydrogen) atoms. The molecule has 1 aromatic carbocycles. The molecule has 0 aliphatic carbocycles. The van der Waals surface area contributed by atoms with Gasteiger partial charge < -0.3 is 10.2 Å². The number of para-hydroxylation sites is 1. The summed E-state index contributed by atoms with van der Waals surface area (Å²) in [7, 11) is 0. The summed E-state index contributed by atoms with van der Waals surface area (Å²) < 4.78 is 0. The largest absolute Gasteiger partial charge is 0.339 e. The number of nitrogens with one attached hydrogen (secondary N) is 2. The summed E-state index contributed by atoms with van der Waals surface area (Å²) in [6.45, 7) is 4.06. The van der Waals surface area contributed by atoms with E-state index in [4.69, 9.17) is 0 Å². The number of hydrogen-bond acceptors (Lipinski definition) is 4. The van der Waals surface area contributed by atoms with E-state index in [1.165, 1.54) is 17.7 Å². The average molecular weight is 384 g/mol. The third kappa shape index (κ3) is 3.90. The smallest absolute Gasteiger partial charge is 0.328 e. The van der Waals surface area contributed by atoms with Crippen molar-refractivity contribution in [2.75, 3.05) is 37.6 Å². The van der Waals surface area contributed by atoms with Crippen molar-refractivity contribution in [3.05, 3.63) is 29.8 Å². The number of rotatable bonds is 3. The quantitative estimate of drug-likeness (QED) is 0.835. The zero-order chi connectivity index (χ0) is 19.5. The van der Waals surface area contributed by atoms with Crippen molar-refractivity contribution in [3.8, 4) is 0 Å². The summed E-state index contributed by atoms with van der Waals surface area (Å²) in [5.74, 6) is 1.19. The van der Waals surface area contributed by atoms with Crippen LogP contribution >= 0.6 is 0 Å². The van der Waals surface area contributed by atoms with Gasteiger partial charge >= 0.3 is 6.03 Å². The highest BCUT2D eigenvalue weighted by atomic mass is 16.2. The van der Waals surface area contributed by atoms with Crippen LogP contribution in [0.1, 0.15) is 42.5 Å². The molecule has 2 N–H and O–H groups in total. The minimum absolute atomic E-state index is 0.0240. The van der Waals surface area contributed by atoms with E-state index < -0.39 is 6.03 Å². The summed E-state index contributed by atoms with van der Waals surface area (Å²) in [4.78, 5) is 40.3. The molecule has 3 aliphatic heterocycles. The van der Waals surface area contributed by atoms with Crippen LogP contribution in [0.3, 0.4) is 0 Å². The predicted molar refractivity (Wildman–Crippen MR) is 106 cm³/mol. The maximum Gasteiger partial charge on any atom is 0.328 e. The predicted octanol–water partition coefficient (Wildman–Crippen LogP) is 1.98. The molecule has 7 heteroatoms. The topological polar surface area (TPSA) is 81.8 Å². The molecule has 3 fully saturated rings. The fraction of sp³-hybridized carbons (Fsp3) is 0.571. The van der Waals surface area contributed by atoms with Crippen LogP contribution < -0.4 is 15.5 Å². The minimum atomic E-state index is -0.457. The van der Waals surface area contributed by atoms with Gasteiger partial charge in [-0.15, -0.1) is 0 Å². The van der Waals surface area contributed by atoms with Crippen LogP contribution in [0.25, 0.3) is 0 Å².